The fourth-order valence-electron chi connectivity index (χ4n) is 4.76. The third kappa shape index (κ3) is 7.00. The number of carboxylic acid groups (broad SMARTS) is 1. The van der Waals surface area contributed by atoms with Gasteiger partial charge in [0.15, 0.2) is 0 Å². The first-order valence-corrected chi connectivity index (χ1v) is 13.2. The Hall–Kier alpha value is -3.68. The molecule has 4 amide bonds. The average Bonchev–Trinajstić information content (AvgIpc) is 3.01. The number of carbonyl (C=O) groups is 4. The minimum Gasteiger partial charge on any atom is -0.481 e. The van der Waals surface area contributed by atoms with E-state index >= 15 is 0 Å². The Labute approximate surface area is 225 Å². The molecular formula is C30H39N3O5. The Morgan fingerprint density at radius 2 is 1.45 bits per heavy atom. The maximum absolute atomic E-state index is 13.6. The minimum atomic E-state index is -1.13. The van der Waals surface area contributed by atoms with Crippen molar-refractivity contribution in [2.75, 3.05) is 0 Å². The number of amides is 4. The van der Waals surface area contributed by atoms with Crippen LogP contribution in [0.5, 0.6) is 0 Å². The van der Waals surface area contributed by atoms with E-state index < -0.39 is 41.4 Å². The Morgan fingerprint density at radius 1 is 0.895 bits per heavy atom. The highest BCUT2D eigenvalue weighted by molar-refractivity contribution is 6.09. The number of rotatable bonds is 12. The molecule has 2 aromatic carbocycles. The largest absolute Gasteiger partial charge is 0.481 e. The molecule has 2 N–H and O–H groups in total. The number of carboxylic acids is 1. The number of nitrogens with one attached hydrogen (secondary N) is 1. The van der Waals surface area contributed by atoms with E-state index in [-0.39, 0.29) is 25.3 Å². The second-order valence-corrected chi connectivity index (χ2v) is 11.1. The zero-order valence-electron chi connectivity index (χ0n) is 22.9. The first kappa shape index (κ1) is 28.9. The maximum Gasteiger partial charge on any atom is 0.328 e. The molecule has 3 rings (SSSR count). The van der Waals surface area contributed by atoms with Gasteiger partial charge in [0.1, 0.15) is 11.6 Å². The maximum atomic E-state index is 13.6. The van der Waals surface area contributed by atoms with E-state index in [1.165, 1.54) is 16.0 Å². The smallest absolute Gasteiger partial charge is 0.328 e. The number of aliphatic carboxylic acids is 1. The van der Waals surface area contributed by atoms with Crippen LogP contribution in [0.3, 0.4) is 0 Å². The monoisotopic (exact) mass is 521 g/mol. The van der Waals surface area contributed by atoms with Gasteiger partial charge in [0.25, 0.3) is 5.91 Å². The number of hydrogen-bond acceptors (Lipinski definition) is 4. The molecular weight excluding hydrogens is 482 g/mol. The summed E-state index contributed by atoms with van der Waals surface area (Å²) < 4.78 is 0. The third-order valence-corrected chi connectivity index (χ3v) is 6.94. The fraction of sp³-hybridized carbons (Fsp3) is 0.467. The number of aryl methyl sites for hydroxylation is 2. The minimum absolute atomic E-state index is 0.0294. The van der Waals surface area contributed by atoms with E-state index in [0.29, 0.717) is 0 Å². The Bertz CT molecular complexity index is 1140. The lowest BCUT2D eigenvalue weighted by atomic mass is 9.98. The second-order valence-electron chi connectivity index (χ2n) is 11.1. The van der Waals surface area contributed by atoms with Crippen molar-refractivity contribution >= 4 is 23.8 Å². The number of carbonyl (C=O) groups excluding carboxylic acids is 3. The molecule has 0 bridgehead atoms. The van der Waals surface area contributed by atoms with Gasteiger partial charge >= 0.3 is 12.0 Å². The van der Waals surface area contributed by atoms with Crippen LogP contribution in [0.4, 0.5) is 4.79 Å². The zero-order chi connectivity index (χ0) is 28.0. The number of nitrogens with zero attached hydrogens (tertiary/aromatic N) is 2. The van der Waals surface area contributed by atoms with E-state index in [4.69, 9.17) is 5.11 Å². The van der Waals surface area contributed by atoms with Crippen LogP contribution in [0.2, 0.25) is 0 Å². The number of benzene rings is 2. The van der Waals surface area contributed by atoms with Crippen molar-refractivity contribution in [3.05, 3.63) is 71.3 Å². The quantitative estimate of drug-likeness (QED) is 0.403. The van der Waals surface area contributed by atoms with Gasteiger partial charge in [0, 0.05) is 12.6 Å². The van der Waals surface area contributed by atoms with Gasteiger partial charge in [-0.1, -0.05) is 68.4 Å². The fourth-order valence-corrected chi connectivity index (χ4v) is 4.76. The molecule has 1 saturated heterocycles. The Kier molecular flexibility index (Phi) is 9.31. The molecule has 204 valence electrons. The van der Waals surface area contributed by atoms with Gasteiger partial charge in [-0.15, -0.1) is 0 Å². The molecule has 0 radical (unpaired) electrons. The summed E-state index contributed by atoms with van der Waals surface area (Å²) in [7, 11) is 0. The Balaban J connectivity index is 1.74. The molecule has 0 aromatic heterocycles. The van der Waals surface area contributed by atoms with Crippen molar-refractivity contribution in [2.45, 2.75) is 84.5 Å². The highest BCUT2D eigenvalue weighted by atomic mass is 16.4. The average molecular weight is 522 g/mol. The standard InChI is InChI=1S/C30H39N3O5/c1-20(2)17-25(27(36)31-21(3)18-26(34)35)33-28(37)30(4,5)32(29(33)38)19-24-15-13-23(14-16-24)12-11-22-9-7-6-8-10-22/h6-10,13-16,20-21,25H,11-12,17-19H2,1-5H3,(H,31,36)(H,34,35). The van der Waals surface area contributed by atoms with Crippen molar-refractivity contribution in [3.8, 4) is 0 Å². The van der Waals surface area contributed by atoms with Crippen molar-refractivity contribution < 1.29 is 24.3 Å². The van der Waals surface area contributed by atoms with Crippen LogP contribution >= 0.6 is 0 Å². The molecule has 1 aliphatic heterocycles. The zero-order valence-corrected chi connectivity index (χ0v) is 22.9. The Morgan fingerprint density at radius 3 is 2.00 bits per heavy atom. The van der Waals surface area contributed by atoms with Gasteiger partial charge in [0.2, 0.25) is 5.91 Å². The molecule has 1 heterocycles. The molecule has 2 aromatic rings. The predicted molar refractivity (Wildman–Crippen MR) is 145 cm³/mol. The van der Waals surface area contributed by atoms with Gasteiger partial charge in [-0.25, -0.2) is 9.69 Å². The molecule has 1 fully saturated rings. The number of imide groups is 1. The molecule has 38 heavy (non-hydrogen) atoms. The normalized spacial score (nSPS) is 16.6. The van der Waals surface area contributed by atoms with Crippen molar-refractivity contribution in [3.63, 3.8) is 0 Å². The molecule has 2 atom stereocenters. The van der Waals surface area contributed by atoms with Crippen molar-refractivity contribution in [1.82, 2.24) is 15.1 Å². The number of hydrogen-bond donors (Lipinski definition) is 2. The first-order valence-electron chi connectivity index (χ1n) is 13.2. The van der Waals surface area contributed by atoms with E-state index in [0.717, 1.165) is 23.3 Å². The van der Waals surface area contributed by atoms with E-state index in [9.17, 15) is 19.2 Å². The lowest BCUT2D eigenvalue weighted by Crippen LogP contribution is -2.53. The van der Waals surface area contributed by atoms with Gasteiger partial charge in [-0.3, -0.25) is 14.4 Å². The van der Waals surface area contributed by atoms with Gasteiger partial charge in [-0.05, 0) is 62.6 Å². The molecule has 0 aliphatic carbocycles. The van der Waals surface area contributed by atoms with Crippen LogP contribution in [0.25, 0.3) is 0 Å². The summed E-state index contributed by atoms with van der Waals surface area (Å²) in [6.07, 6.45) is 1.87. The van der Waals surface area contributed by atoms with Crippen molar-refractivity contribution in [2.24, 2.45) is 5.92 Å². The lowest BCUT2D eigenvalue weighted by Gasteiger charge is -2.28. The van der Waals surface area contributed by atoms with Crippen LogP contribution in [-0.2, 0) is 33.8 Å². The van der Waals surface area contributed by atoms with Crippen LogP contribution in [0, 0.1) is 5.92 Å². The van der Waals surface area contributed by atoms with Crippen LogP contribution in [0.1, 0.15) is 64.2 Å². The van der Waals surface area contributed by atoms with E-state index in [2.05, 4.69) is 17.4 Å². The summed E-state index contributed by atoms with van der Waals surface area (Å²) in [6, 6.07) is 16.2. The van der Waals surface area contributed by atoms with Crippen LogP contribution in [-0.4, -0.2) is 56.3 Å². The predicted octanol–water partition coefficient (Wildman–Crippen LogP) is 4.41. The molecule has 1 aliphatic rings. The first-order chi connectivity index (χ1) is 17.9. The highest BCUT2D eigenvalue weighted by Gasteiger charge is 2.54. The lowest BCUT2D eigenvalue weighted by molar-refractivity contribution is -0.140. The summed E-state index contributed by atoms with van der Waals surface area (Å²) in [5, 5.41) is 11.7. The molecule has 0 saturated carbocycles. The summed E-state index contributed by atoms with van der Waals surface area (Å²) in [6.45, 7) is 9.03. The molecule has 8 heteroatoms. The highest BCUT2D eigenvalue weighted by Crippen LogP contribution is 2.32. The summed E-state index contributed by atoms with van der Waals surface area (Å²) >= 11 is 0. The topological polar surface area (TPSA) is 107 Å². The molecule has 2 unspecified atom stereocenters. The van der Waals surface area contributed by atoms with Gasteiger partial charge in [0.05, 0.1) is 6.42 Å². The van der Waals surface area contributed by atoms with Crippen LogP contribution < -0.4 is 5.32 Å². The van der Waals surface area contributed by atoms with E-state index in [1.807, 2.05) is 56.3 Å². The summed E-state index contributed by atoms with van der Waals surface area (Å²) in [4.78, 5) is 53.9. The number of urea groups is 1. The summed E-state index contributed by atoms with van der Waals surface area (Å²) in [5.74, 6) is -1.96. The van der Waals surface area contributed by atoms with E-state index in [1.54, 1.807) is 20.8 Å². The second kappa shape index (κ2) is 12.2. The van der Waals surface area contributed by atoms with Gasteiger partial charge in [-0.2, -0.15) is 0 Å². The molecule has 8 nitrogen and oxygen atoms in total. The molecule has 0 spiro atoms. The van der Waals surface area contributed by atoms with Gasteiger partial charge < -0.3 is 15.3 Å². The van der Waals surface area contributed by atoms with Crippen molar-refractivity contribution in [1.29, 1.82) is 0 Å². The summed E-state index contributed by atoms with van der Waals surface area (Å²) in [5.41, 5.74) is 2.22. The SMILES string of the molecule is CC(C)CC(C(=O)NC(C)CC(=O)O)N1C(=O)N(Cc2ccc(CCc3ccccc3)cc2)C(C)(C)C1=O. The van der Waals surface area contributed by atoms with Crippen LogP contribution in [0.15, 0.2) is 54.6 Å². The third-order valence-electron chi connectivity index (χ3n) is 6.94.